The summed E-state index contributed by atoms with van der Waals surface area (Å²) < 4.78 is 6.54. The molecule has 3 nitrogen and oxygen atoms in total. The van der Waals surface area contributed by atoms with Crippen LogP contribution in [0.25, 0.3) is 22.6 Å². The van der Waals surface area contributed by atoms with E-state index in [9.17, 15) is 5.11 Å². The van der Waals surface area contributed by atoms with Crippen molar-refractivity contribution < 1.29 is 9.63 Å². The molecule has 0 unspecified atom stereocenters. The van der Waals surface area contributed by atoms with E-state index in [1.54, 1.807) is 0 Å². The minimum absolute atomic E-state index is 0.122. The van der Waals surface area contributed by atoms with Crippen molar-refractivity contribution in [3.63, 3.8) is 0 Å². The molecule has 0 aliphatic heterocycles. The maximum absolute atomic E-state index is 9.87. The van der Waals surface area contributed by atoms with Gasteiger partial charge in [0.05, 0.1) is 12.2 Å². The zero-order valence-electron chi connectivity index (χ0n) is 12.4. The summed E-state index contributed by atoms with van der Waals surface area (Å²) in [5, 5.41) is 14.1. The van der Waals surface area contributed by atoms with Crippen molar-refractivity contribution >= 4 is 15.9 Å². The molecule has 0 saturated carbocycles. The Morgan fingerprint density at radius 1 is 1.05 bits per heavy atom. The number of hydrogen-bond acceptors (Lipinski definition) is 3. The molecular weight excluding hydrogens is 342 g/mol. The van der Waals surface area contributed by atoms with Crippen LogP contribution in [-0.4, -0.2) is 10.3 Å². The Hall–Kier alpha value is -1.91. The molecule has 0 atom stereocenters. The van der Waals surface area contributed by atoms with Crippen molar-refractivity contribution in [2.45, 2.75) is 20.5 Å². The van der Waals surface area contributed by atoms with Crippen LogP contribution >= 0.6 is 15.9 Å². The van der Waals surface area contributed by atoms with E-state index in [2.05, 4.69) is 21.1 Å². The minimum Gasteiger partial charge on any atom is -0.391 e. The average Bonchev–Trinajstić information content (AvgIpc) is 2.91. The summed E-state index contributed by atoms with van der Waals surface area (Å²) in [5.41, 5.74) is 5.50. The summed E-state index contributed by atoms with van der Waals surface area (Å²) >= 11 is 3.53. The van der Waals surface area contributed by atoms with Gasteiger partial charge in [-0.3, -0.25) is 0 Å². The summed E-state index contributed by atoms with van der Waals surface area (Å²) in [5.74, 6) is 0.642. The maximum atomic E-state index is 9.87. The lowest BCUT2D eigenvalue weighted by molar-refractivity contribution is 0.281. The zero-order valence-corrected chi connectivity index (χ0v) is 14.0. The van der Waals surface area contributed by atoms with Crippen LogP contribution in [-0.2, 0) is 6.61 Å². The van der Waals surface area contributed by atoms with Gasteiger partial charge in [-0.2, -0.15) is 0 Å². The SMILES string of the molecule is Cc1cccc(C)c1-c1onc(-c2ccccc2Br)c1CO. The van der Waals surface area contributed by atoms with Crippen molar-refractivity contribution in [3.05, 3.63) is 63.6 Å². The number of benzene rings is 2. The topological polar surface area (TPSA) is 46.3 Å². The molecule has 0 aliphatic carbocycles. The molecule has 0 aliphatic rings. The van der Waals surface area contributed by atoms with Gasteiger partial charge in [0.1, 0.15) is 5.69 Å². The average molecular weight is 358 g/mol. The fraction of sp³-hybridized carbons (Fsp3) is 0.167. The van der Waals surface area contributed by atoms with Crippen LogP contribution in [0.15, 0.2) is 51.5 Å². The number of hydrogen-bond donors (Lipinski definition) is 1. The highest BCUT2D eigenvalue weighted by molar-refractivity contribution is 9.10. The third-order valence-electron chi connectivity index (χ3n) is 3.78. The summed E-state index contributed by atoms with van der Waals surface area (Å²) in [6, 6.07) is 13.9. The second-order valence-corrected chi connectivity index (χ2v) is 6.10. The second-order valence-electron chi connectivity index (χ2n) is 5.24. The van der Waals surface area contributed by atoms with Gasteiger partial charge in [0.15, 0.2) is 5.76 Å². The number of nitrogens with zero attached hydrogens (tertiary/aromatic N) is 1. The predicted octanol–water partition coefficient (Wildman–Crippen LogP) is 4.88. The molecule has 0 amide bonds. The van der Waals surface area contributed by atoms with Crippen molar-refractivity contribution in [1.29, 1.82) is 0 Å². The Morgan fingerprint density at radius 2 is 1.73 bits per heavy atom. The quantitative estimate of drug-likeness (QED) is 0.726. The molecule has 3 aromatic rings. The molecule has 0 spiro atoms. The fourth-order valence-electron chi connectivity index (χ4n) is 2.69. The number of aliphatic hydroxyl groups excluding tert-OH is 1. The normalized spacial score (nSPS) is 10.9. The molecule has 2 aromatic carbocycles. The molecule has 0 saturated heterocycles. The largest absolute Gasteiger partial charge is 0.391 e. The molecule has 1 N–H and O–H groups in total. The molecule has 1 aromatic heterocycles. The molecule has 0 fully saturated rings. The highest BCUT2D eigenvalue weighted by Gasteiger charge is 2.21. The molecule has 1 heterocycles. The molecule has 22 heavy (non-hydrogen) atoms. The minimum atomic E-state index is -0.122. The van der Waals surface area contributed by atoms with Gasteiger partial charge in [-0.1, -0.05) is 57.5 Å². The number of rotatable bonds is 3. The van der Waals surface area contributed by atoms with Crippen LogP contribution < -0.4 is 0 Å². The van der Waals surface area contributed by atoms with Crippen molar-refractivity contribution in [2.24, 2.45) is 0 Å². The monoisotopic (exact) mass is 357 g/mol. The van der Waals surface area contributed by atoms with Gasteiger partial charge in [-0.05, 0) is 31.0 Å². The van der Waals surface area contributed by atoms with E-state index in [1.807, 2.05) is 56.3 Å². The first-order valence-electron chi connectivity index (χ1n) is 7.04. The molecule has 3 rings (SSSR count). The van der Waals surface area contributed by atoms with Gasteiger partial charge in [-0.15, -0.1) is 0 Å². The van der Waals surface area contributed by atoms with E-state index < -0.39 is 0 Å². The zero-order chi connectivity index (χ0) is 15.7. The van der Waals surface area contributed by atoms with Crippen LogP contribution in [0.1, 0.15) is 16.7 Å². The third-order valence-corrected chi connectivity index (χ3v) is 4.47. The first kappa shape index (κ1) is 15.0. The summed E-state index contributed by atoms with van der Waals surface area (Å²) in [4.78, 5) is 0. The molecule has 0 radical (unpaired) electrons. The Kier molecular flexibility index (Phi) is 4.14. The van der Waals surface area contributed by atoms with E-state index >= 15 is 0 Å². The lowest BCUT2D eigenvalue weighted by Crippen LogP contribution is -1.93. The smallest absolute Gasteiger partial charge is 0.173 e. The van der Waals surface area contributed by atoms with E-state index in [4.69, 9.17) is 4.52 Å². The van der Waals surface area contributed by atoms with E-state index in [0.29, 0.717) is 17.0 Å². The van der Waals surface area contributed by atoms with Crippen molar-refractivity contribution in [2.75, 3.05) is 0 Å². The first-order valence-corrected chi connectivity index (χ1v) is 7.83. The lowest BCUT2D eigenvalue weighted by atomic mass is 9.96. The Balaban J connectivity index is 2.23. The highest BCUT2D eigenvalue weighted by Crippen LogP contribution is 2.37. The van der Waals surface area contributed by atoms with Gasteiger partial charge in [-0.25, -0.2) is 0 Å². The van der Waals surface area contributed by atoms with Gasteiger partial charge in [0.25, 0.3) is 0 Å². The number of aliphatic hydroxyl groups is 1. The van der Waals surface area contributed by atoms with E-state index in [0.717, 1.165) is 26.7 Å². The van der Waals surface area contributed by atoms with Crippen LogP contribution in [0.2, 0.25) is 0 Å². The van der Waals surface area contributed by atoms with Gasteiger partial charge >= 0.3 is 0 Å². The summed E-state index contributed by atoms with van der Waals surface area (Å²) in [6.45, 7) is 3.94. The van der Waals surface area contributed by atoms with Crippen molar-refractivity contribution in [3.8, 4) is 22.6 Å². The molecule has 112 valence electrons. The van der Waals surface area contributed by atoms with Gasteiger partial charge in [0, 0.05) is 15.6 Å². The Bertz CT molecular complexity index is 803. The molecule has 0 bridgehead atoms. The molecular formula is C18H16BrNO2. The lowest BCUT2D eigenvalue weighted by Gasteiger charge is -2.08. The number of halogens is 1. The van der Waals surface area contributed by atoms with Crippen LogP contribution in [0.4, 0.5) is 0 Å². The Morgan fingerprint density at radius 3 is 2.36 bits per heavy atom. The number of aryl methyl sites for hydroxylation is 2. The Labute approximate surface area is 137 Å². The van der Waals surface area contributed by atoms with Gasteiger partial charge in [0.2, 0.25) is 0 Å². The highest BCUT2D eigenvalue weighted by atomic mass is 79.9. The summed E-state index contributed by atoms with van der Waals surface area (Å²) in [6.07, 6.45) is 0. The van der Waals surface area contributed by atoms with E-state index in [1.165, 1.54) is 0 Å². The maximum Gasteiger partial charge on any atom is 0.173 e. The second kappa shape index (κ2) is 6.07. The third kappa shape index (κ3) is 2.49. The standard InChI is InChI=1S/C18H16BrNO2/c1-11-6-5-7-12(2)16(11)18-14(10-21)17(20-22-18)13-8-3-4-9-15(13)19/h3-9,21H,10H2,1-2H3. The van der Waals surface area contributed by atoms with Gasteiger partial charge < -0.3 is 9.63 Å². The van der Waals surface area contributed by atoms with Crippen LogP contribution in [0, 0.1) is 13.8 Å². The summed E-state index contributed by atoms with van der Waals surface area (Å²) in [7, 11) is 0. The van der Waals surface area contributed by atoms with E-state index in [-0.39, 0.29) is 6.61 Å². The molecule has 4 heteroatoms. The first-order chi connectivity index (χ1) is 10.6. The predicted molar refractivity (Wildman–Crippen MR) is 90.5 cm³/mol. The number of aromatic nitrogens is 1. The van der Waals surface area contributed by atoms with Crippen LogP contribution in [0.5, 0.6) is 0 Å². The fourth-order valence-corrected chi connectivity index (χ4v) is 3.16. The van der Waals surface area contributed by atoms with Crippen LogP contribution in [0.3, 0.4) is 0 Å². The van der Waals surface area contributed by atoms with Crippen molar-refractivity contribution in [1.82, 2.24) is 5.16 Å².